The second-order valence-corrected chi connectivity index (χ2v) is 9.85. The van der Waals surface area contributed by atoms with Gasteiger partial charge in [0, 0.05) is 43.5 Å². The van der Waals surface area contributed by atoms with E-state index in [4.69, 9.17) is 14.5 Å². The fourth-order valence-electron chi connectivity index (χ4n) is 4.92. The van der Waals surface area contributed by atoms with Crippen molar-refractivity contribution in [1.82, 2.24) is 19.3 Å². The predicted molar refractivity (Wildman–Crippen MR) is 149 cm³/mol. The number of fused-ring (bicyclic) bond motifs is 1. The molecule has 4 aromatic rings. The average molecular weight is 531 g/mol. The van der Waals surface area contributed by atoms with Crippen molar-refractivity contribution < 1.29 is 19.1 Å². The normalized spacial score (nSPS) is 15.8. The zero-order valence-electron chi connectivity index (χ0n) is 22.3. The Kier molecular flexibility index (Phi) is 8.21. The molecule has 0 bridgehead atoms. The number of hydrogen-bond donors (Lipinski definition) is 2. The van der Waals surface area contributed by atoms with Crippen LogP contribution in [-0.2, 0) is 33.8 Å². The summed E-state index contributed by atoms with van der Waals surface area (Å²) in [6, 6.07) is 14.0. The van der Waals surface area contributed by atoms with Crippen molar-refractivity contribution in [3.05, 3.63) is 72.3 Å². The molecule has 1 amide bonds. The summed E-state index contributed by atoms with van der Waals surface area (Å²) in [5.41, 5.74) is 3.24. The molecule has 3 aromatic heterocycles. The molecule has 5 rings (SSSR count). The van der Waals surface area contributed by atoms with Crippen LogP contribution >= 0.6 is 0 Å². The fourth-order valence-corrected chi connectivity index (χ4v) is 4.92. The van der Waals surface area contributed by atoms with Gasteiger partial charge in [0.05, 0.1) is 37.2 Å². The number of amides is 1. The molecule has 1 fully saturated rings. The molecule has 2 unspecified atom stereocenters. The van der Waals surface area contributed by atoms with E-state index in [1.54, 1.807) is 12.4 Å². The first-order valence-electron chi connectivity index (χ1n) is 13.3. The first-order valence-corrected chi connectivity index (χ1v) is 13.3. The summed E-state index contributed by atoms with van der Waals surface area (Å²) < 4.78 is 14.3. The van der Waals surface area contributed by atoms with E-state index in [-0.39, 0.29) is 23.6 Å². The van der Waals surface area contributed by atoms with Crippen LogP contribution in [0.25, 0.3) is 11.0 Å². The zero-order chi connectivity index (χ0) is 27.2. The van der Waals surface area contributed by atoms with Crippen molar-refractivity contribution in [3.63, 3.8) is 0 Å². The summed E-state index contributed by atoms with van der Waals surface area (Å²) in [6.45, 7) is 4.29. The summed E-state index contributed by atoms with van der Waals surface area (Å²) in [5.74, 6) is -0.971. The van der Waals surface area contributed by atoms with E-state index in [1.807, 2.05) is 57.9 Å². The van der Waals surface area contributed by atoms with Crippen LogP contribution < -0.4 is 10.6 Å². The number of hydrogen-bond acceptors (Lipinski definition) is 7. The largest absolute Gasteiger partial charge is 0.464 e. The fraction of sp³-hybridized carbons (Fsp3) is 0.379. The molecule has 4 heterocycles. The van der Waals surface area contributed by atoms with Crippen LogP contribution in [0.15, 0.2) is 61.1 Å². The molecule has 0 spiro atoms. The van der Waals surface area contributed by atoms with Gasteiger partial charge in [-0.1, -0.05) is 30.3 Å². The second-order valence-electron chi connectivity index (χ2n) is 9.85. The lowest BCUT2D eigenvalue weighted by molar-refractivity contribution is -0.119. The van der Waals surface area contributed by atoms with Crippen LogP contribution in [0.2, 0.25) is 0 Å². The lowest BCUT2D eigenvalue weighted by atomic mass is 10.1. The molecule has 10 heteroatoms. The van der Waals surface area contributed by atoms with Crippen LogP contribution in [0.1, 0.15) is 35.8 Å². The molecule has 10 nitrogen and oxygen atoms in total. The number of ether oxygens (including phenoxy) is 2. The van der Waals surface area contributed by atoms with E-state index < -0.39 is 5.97 Å². The number of methoxy groups -OCH3 is 1. The highest BCUT2D eigenvalue weighted by molar-refractivity contribution is 6.11. The van der Waals surface area contributed by atoms with Gasteiger partial charge < -0.3 is 24.7 Å². The Morgan fingerprint density at radius 2 is 2.05 bits per heavy atom. The number of nitrogens with zero attached hydrogens (tertiary/aromatic N) is 4. The summed E-state index contributed by atoms with van der Waals surface area (Å²) >= 11 is 0. The monoisotopic (exact) mass is 530 g/mol. The van der Waals surface area contributed by atoms with E-state index in [1.165, 1.54) is 7.11 Å². The topological polar surface area (TPSA) is 112 Å². The Hall–Kier alpha value is -4.18. The van der Waals surface area contributed by atoms with E-state index in [0.29, 0.717) is 49.3 Å². The summed E-state index contributed by atoms with van der Waals surface area (Å²) in [7, 11) is 1.35. The maximum absolute atomic E-state index is 13.2. The number of anilines is 2. The van der Waals surface area contributed by atoms with Crippen LogP contribution in [0, 0.1) is 5.92 Å². The molecule has 1 aliphatic heterocycles. The van der Waals surface area contributed by atoms with Crippen molar-refractivity contribution in [2.45, 2.75) is 45.3 Å². The van der Waals surface area contributed by atoms with Gasteiger partial charge in [-0.2, -0.15) is 5.10 Å². The van der Waals surface area contributed by atoms with Crippen LogP contribution in [0.4, 0.5) is 11.4 Å². The summed E-state index contributed by atoms with van der Waals surface area (Å²) in [4.78, 5) is 31.1. The minimum Gasteiger partial charge on any atom is -0.464 e. The van der Waals surface area contributed by atoms with Gasteiger partial charge in [-0.15, -0.1) is 0 Å². The van der Waals surface area contributed by atoms with Gasteiger partial charge in [-0.05, 0) is 43.9 Å². The van der Waals surface area contributed by atoms with Crippen LogP contribution in [-0.4, -0.2) is 57.6 Å². The van der Waals surface area contributed by atoms with Crippen LogP contribution in [0.5, 0.6) is 0 Å². The Labute approximate surface area is 227 Å². The van der Waals surface area contributed by atoms with E-state index in [0.717, 1.165) is 24.2 Å². The molecular weight excluding hydrogens is 496 g/mol. The standard InChI is InChI=1S/C29H34N6O4/c1-20(9-14-34-13-6-12-31-34)32-23-17-24-25(33-28(36)22-11-16-39-19-22)26(29(37)38-2)35(27(24)30-18-23)15-10-21-7-4-3-5-8-21/h3-8,12-13,17-18,20,22,32H,9-11,14-16,19H2,1-2H3,(H,33,36). The lowest BCUT2D eigenvalue weighted by Gasteiger charge is -2.15. The first-order chi connectivity index (χ1) is 19.0. The SMILES string of the molecule is COC(=O)c1c(NC(=O)C2CCOC2)c2cc(NC(C)CCn3cccn3)cnc2n1CCc1ccccc1. The Morgan fingerprint density at radius 1 is 1.21 bits per heavy atom. The van der Waals surface area contributed by atoms with Crippen molar-refractivity contribution in [1.29, 1.82) is 0 Å². The van der Waals surface area contributed by atoms with Crippen molar-refractivity contribution >= 4 is 34.3 Å². The number of benzene rings is 1. The molecule has 1 aliphatic rings. The summed E-state index contributed by atoms with van der Waals surface area (Å²) in [6.07, 6.45) is 7.66. The van der Waals surface area contributed by atoms with Crippen molar-refractivity contribution in [3.8, 4) is 0 Å². The van der Waals surface area contributed by atoms with Crippen LogP contribution in [0.3, 0.4) is 0 Å². The highest BCUT2D eigenvalue weighted by Crippen LogP contribution is 2.34. The van der Waals surface area contributed by atoms with Gasteiger partial charge in [0.2, 0.25) is 5.91 Å². The first kappa shape index (κ1) is 26.4. The van der Waals surface area contributed by atoms with Gasteiger partial charge >= 0.3 is 5.97 Å². The quantitative estimate of drug-likeness (QED) is 0.281. The zero-order valence-corrected chi connectivity index (χ0v) is 22.3. The van der Waals surface area contributed by atoms with E-state index in [2.05, 4.69) is 22.7 Å². The minimum atomic E-state index is -0.527. The number of rotatable bonds is 11. The van der Waals surface area contributed by atoms with Gasteiger partial charge in [-0.3, -0.25) is 9.48 Å². The van der Waals surface area contributed by atoms with Gasteiger partial charge in [0.15, 0.2) is 5.69 Å². The molecule has 2 atom stereocenters. The van der Waals surface area contributed by atoms with E-state index in [9.17, 15) is 9.59 Å². The Morgan fingerprint density at radius 3 is 2.77 bits per heavy atom. The molecule has 39 heavy (non-hydrogen) atoms. The van der Waals surface area contributed by atoms with Crippen molar-refractivity contribution in [2.75, 3.05) is 31.0 Å². The predicted octanol–water partition coefficient (Wildman–Crippen LogP) is 4.13. The number of nitrogens with one attached hydrogen (secondary N) is 2. The number of aromatic nitrogens is 4. The van der Waals surface area contributed by atoms with Gasteiger partial charge in [-0.25, -0.2) is 9.78 Å². The Bertz CT molecular complexity index is 1410. The van der Waals surface area contributed by atoms with Gasteiger partial charge in [0.25, 0.3) is 0 Å². The average Bonchev–Trinajstić information content (AvgIpc) is 3.73. The third-order valence-electron chi connectivity index (χ3n) is 7.06. The number of esters is 1. The second kappa shape index (κ2) is 12.1. The molecule has 2 N–H and O–H groups in total. The molecule has 0 aliphatic carbocycles. The lowest BCUT2D eigenvalue weighted by Crippen LogP contribution is -2.24. The smallest absolute Gasteiger partial charge is 0.356 e. The number of aryl methyl sites for hydroxylation is 3. The number of pyridine rings is 1. The van der Waals surface area contributed by atoms with E-state index >= 15 is 0 Å². The van der Waals surface area contributed by atoms with Crippen molar-refractivity contribution in [2.24, 2.45) is 5.92 Å². The molecule has 204 valence electrons. The minimum absolute atomic E-state index is 0.141. The molecule has 0 saturated carbocycles. The maximum Gasteiger partial charge on any atom is 0.356 e. The third-order valence-corrected chi connectivity index (χ3v) is 7.06. The summed E-state index contributed by atoms with van der Waals surface area (Å²) in [5, 5.41) is 11.5. The molecule has 1 saturated heterocycles. The highest BCUT2D eigenvalue weighted by atomic mass is 16.5. The molecule has 0 radical (unpaired) electrons. The molecular formula is C29H34N6O4. The Balaban J connectivity index is 1.49. The number of carbonyl (C=O) groups excluding carboxylic acids is 2. The van der Waals surface area contributed by atoms with Gasteiger partial charge in [0.1, 0.15) is 5.65 Å². The highest BCUT2D eigenvalue weighted by Gasteiger charge is 2.30. The maximum atomic E-state index is 13.2. The number of carbonyl (C=O) groups is 2. The molecule has 1 aromatic carbocycles. The third kappa shape index (κ3) is 6.12.